The van der Waals surface area contributed by atoms with Gasteiger partial charge in [-0.3, -0.25) is 4.79 Å². The van der Waals surface area contributed by atoms with Crippen LogP contribution in [0, 0.1) is 0 Å². The minimum Gasteiger partial charge on any atom is -0.450 e. The second-order valence-electron chi connectivity index (χ2n) is 6.71. The molecule has 0 spiro atoms. The number of ether oxygens (including phenoxy) is 1. The smallest absolute Gasteiger partial charge is 0.409 e. The number of anilines is 1. The molecule has 0 N–H and O–H groups in total. The summed E-state index contributed by atoms with van der Waals surface area (Å²) in [4.78, 5) is 35.7. The van der Waals surface area contributed by atoms with Gasteiger partial charge in [0.2, 0.25) is 0 Å². The van der Waals surface area contributed by atoms with Crippen LogP contribution < -0.4 is 4.90 Å². The summed E-state index contributed by atoms with van der Waals surface area (Å²) < 4.78 is 5.05. The number of carbonyl (C=O) groups excluding carboxylic acids is 2. The number of hydrogen-bond donors (Lipinski definition) is 0. The van der Waals surface area contributed by atoms with Crippen molar-refractivity contribution < 1.29 is 14.3 Å². The van der Waals surface area contributed by atoms with Gasteiger partial charge in [0.05, 0.1) is 6.61 Å². The van der Waals surface area contributed by atoms with Crippen molar-refractivity contribution in [2.24, 2.45) is 0 Å². The molecule has 0 unspecified atom stereocenters. The van der Waals surface area contributed by atoms with E-state index in [0.29, 0.717) is 31.1 Å². The Morgan fingerprint density at radius 2 is 1.62 bits per heavy atom. The summed E-state index contributed by atoms with van der Waals surface area (Å²) in [7, 11) is 0. The number of ketones is 1. The third kappa shape index (κ3) is 5.16. The van der Waals surface area contributed by atoms with Gasteiger partial charge in [0.25, 0.3) is 0 Å². The van der Waals surface area contributed by atoms with E-state index in [1.165, 1.54) is 6.92 Å². The first-order valence-electron chi connectivity index (χ1n) is 9.37. The van der Waals surface area contributed by atoms with Gasteiger partial charge in [-0.1, -0.05) is 23.2 Å². The van der Waals surface area contributed by atoms with Crippen LogP contribution in [-0.4, -0.2) is 59.5 Å². The Morgan fingerprint density at radius 3 is 2.14 bits per heavy atom. The standard InChI is InChI=1S/C20H22Cl2N4O3/c1-3-29-20(28)26-10-8-25(9-11-26)15-6-4-14(5-7-15)19-23-17(21)16(12-13(2)27)18(22)24-19/h4-7H,3,8-12H2,1-2H3. The fourth-order valence-electron chi connectivity index (χ4n) is 3.14. The monoisotopic (exact) mass is 436 g/mol. The minimum atomic E-state index is -0.262. The molecule has 0 radical (unpaired) electrons. The Hall–Kier alpha value is -2.38. The molecule has 2 aromatic rings. The SMILES string of the molecule is CCOC(=O)N1CCN(c2ccc(-c3nc(Cl)c(CC(C)=O)c(Cl)n3)cc2)CC1. The van der Waals surface area contributed by atoms with Gasteiger partial charge in [0, 0.05) is 49.4 Å². The van der Waals surface area contributed by atoms with Crippen LogP contribution in [0.1, 0.15) is 19.4 Å². The van der Waals surface area contributed by atoms with E-state index >= 15 is 0 Å². The Kier molecular flexibility index (Phi) is 6.92. The molecule has 1 fully saturated rings. The summed E-state index contributed by atoms with van der Waals surface area (Å²) >= 11 is 12.4. The summed E-state index contributed by atoms with van der Waals surface area (Å²) in [6, 6.07) is 7.76. The lowest BCUT2D eigenvalue weighted by Crippen LogP contribution is -2.49. The van der Waals surface area contributed by atoms with E-state index in [1.807, 2.05) is 24.3 Å². The Bertz CT molecular complexity index is 874. The van der Waals surface area contributed by atoms with Gasteiger partial charge < -0.3 is 14.5 Å². The van der Waals surface area contributed by atoms with Crippen LogP contribution in [0.15, 0.2) is 24.3 Å². The molecule has 154 valence electrons. The van der Waals surface area contributed by atoms with Crippen LogP contribution >= 0.6 is 23.2 Å². The number of benzene rings is 1. The van der Waals surface area contributed by atoms with Crippen molar-refractivity contribution in [2.45, 2.75) is 20.3 Å². The topological polar surface area (TPSA) is 75.6 Å². The van der Waals surface area contributed by atoms with Crippen molar-refractivity contribution in [3.05, 3.63) is 40.1 Å². The lowest BCUT2D eigenvalue weighted by molar-refractivity contribution is -0.116. The lowest BCUT2D eigenvalue weighted by atomic mass is 10.1. The molecule has 9 heteroatoms. The Morgan fingerprint density at radius 1 is 1.03 bits per heavy atom. The second-order valence-corrected chi connectivity index (χ2v) is 7.42. The first kappa shape index (κ1) is 21.3. The van der Waals surface area contributed by atoms with Crippen LogP contribution in [0.5, 0.6) is 0 Å². The van der Waals surface area contributed by atoms with Crippen molar-refractivity contribution in [2.75, 3.05) is 37.7 Å². The fourth-order valence-corrected chi connectivity index (χ4v) is 3.66. The number of aromatic nitrogens is 2. The van der Waals surface area contributed by atoms with Crippen LogP contribution in [0.4, 0.5) is 10.5 Å². The van der Waals surface area contributed by atoms with Gasteiger partial charge in [0.15, 0.2) is 5.82 Å². The van der Waals surface area contributed by atoms with E-state index in [-0.39, 0.29) is 28.6 Å². The van der Waals surface area contributed by atoms with Crippen LogP contribution in [0.3, 0.4) is 0 Å². The molecule has 0 saturated carbocycles. The van der Waals surface area contributed by atoms with Crippen LogP contribution in [0.2, 0.25) is 10.3 Å². The molecular weight excluding hydrogens is 415 g/mol. The zero-order valence-electron chi connectivity index (χ0n) is 16.3. The highest BCUT2D eigenvalue weighted by Crippen LogP contribution is 2.28. The van der Waals surface area contributed by atoms with E-state index in [2.05, 4.69) is 14.9 Å². The quantitative estimate of drug-likeness (QED) is 0.662. The Labute approximate surface area is 179 Å². The number of carbonyl (C=O) groups is 2. The maximum atomic E-state index is 11.8. The highest BCUT2D eigenvalue weighted by Gasteiger charge is 2.22. The first-order chi connectivity index (χ1) is 13.9. The number of piperazine rings is 1. The third-order valence-corrected chi connectivity index (χ3v) is 5.25. The maximum absolute atomic E-state index is 11.8. The summed E-state index contributed by atoms with van der Waals surface area (Å²) in [5.74, 6) is 0.350. The molecule has 29 heavy (non-hydrogen) atoms. The molecular formula is C20H22Cl2N4O3. The van der Waals surface area contributed by atoms with E-state index in [1.54, 1.807) is 11.8 Å². The van der Waals surface area contributed by atoms with E-state index in [0.717, 1.165) is 24.3 Å². The number of nitrogens with zero attached hydrogens (tertiary/aromatic N) is 4. The highest BCUT2D eigenvalue weighted by atomic mass is 35.5. The predicted molar refractivity (Wildman–Crippen MR) is 113 cm³/mol. The lowest BCUT2D eigenvalue weighted by Gasteiger charge is -2.35. The van der Waals surface area contributed by atoms with Gasteiger partial charge in [-0.15, -0.1) is 0 Å². The molecule has 1 saturated heterocycles. The van der Waals surface area contributed by atoms with Crippen molar-refractivity contribution >= 4 is 40.8 Å². The Balaban J connectivity index is 1.70. The molecule has 1 amide bonds. The molecule has 0 aliphatic carbocycles. The van der Waals surface area contributed by atoms with E-state index in [4.69, 9.17) is 27.9 Å². The highest BCUT2D eigenvalue weighted by molar-refractivity contribution is 6.35. The molecule has 7 nitrogen and oxygen atoms in total. The predicted octanol–water partition coefficient (Wildman–Crippen LogP) is 3.86. The zero-order chi connectivity index (χ0) is 21.0. The number of halogens is 2. The van der Waals surface area contributed by atoms with Crippen LogP contribution in [0.25, 0.3) is 11.4 Å². The fraction of sp³-hybridized carbons (Fsp3) is 0.400. The molecule has 0 bridgehead atoms. The van der Waals surface area contributed by atoms with Gasteiger partial charge in [-0.2, -0.15) is 0 Å². The second kappa shape index (κ2) is 9.41. The van der Waals surface area contributed by atoms with Crippen molar-refractivity contribution in [3.63, 3.8) is 0 Å². The summed E-state index contributed by atoms with van der Waals surface area (Å²) in [5, 5.41) is 0.378. The van der Waals surface area contributed by atoms with Crippen molar-refractivity contribution in [1.29, 1.82) is 0 Å². The van der Waals surface area contributed by atoms with Gasteiger partial charge in [-0.25, -0.2) is 14.8 Å². The average Bonchev–Trinajstić information content (AvgIpc) is 2.71. The van der Waals surface area contributed by atoms with Gasteiger partial charge >= 0.3 is 6.09 Å². The average molecular weight is 437 g/mol. The molecule has 1 aliphatic rings. The zero-order valence-corrected chi connectivity index (χ0v) is 17.8. The normalized spacial score (nSPS) is 14.1. The summed E-state index contributed by atoms with van der Waals surface area (Å²) in [5.41, 5.74) is 2.26. The van der Waals surface area contributed by atoms with Gasteiger partial charge in [0.1, 0.15) is 16.1 Å². The van der Waals surface area contributed by atoms with Crippen LogP contribution in [-0.2, 0) is 16.0 Å². The largest absolute Gasteiger partial charge is 0.450 e. The van der Waals surface area contributed by atoms with E-state index in [9.17, 15) is 9.59 Å². The third-order valence-electron chi connectivity index (χ3n) is 4.63. The number of hydrogen-bond acceptors (Lipinski definition) is 6. The summed E-state index contributed by atoms with van der Waals surface area (Å²) in [6.07, 6.45) is -0.157. The maximum Gasteiger partial charge on any atom is 0.409 e. The van der Waals surface area contributed by atoms with E-state index < -0.39 is 0 Å². The molecule has 1 aromatic carbocycles. The minimum absolute atomic E-state index is 0.0578. The molecule has 1 aliphatic heterocycles. The van der Waals surface area contributed by atoms with Crippen molar-refractivity contribution in [1.82, 2.24) is 14.9 Å². The van der Waals surface area contributed by atoms with Crippen molar-refractivity contribution in [3.8, 4) is 11.4 Å². The molecule has 0 atom stereocenters. The molecule has 2 heterocycles. The number of amides is 1. The molecule has 1 aromatic heterocycles. The summed E-state index contributed by atoms with van der Waals surface area (Å²) in [6.45, 7) is 6.34. The van der Waals surface area contributed by atoms with Gasteiger partial charge in [-0.05, 0) is 38.1 Å². The molecule has 3 rings (SSSR count). The number of rotatable bonds is 5. The first-order valence-corrected chi connectivity index (χ1v) is 10.1. The number of Topliss-reactive ketones (excluding diaryl/α,β-unsaturated/α-hetero) is 1.